The van der Waals surface area contributed by atoms with Gasteiger partial charge in [0.2, 0.25) is 6.73 Å². The smallest absolute Gasteiger partial charge is 0.201 e. The molecule has 164 valence electrons. The number of Topliss-reactive ketones (excluding diaryl/α,β-unsaturated/α-hetero) is 2. The summed E-state index contributed by atoms with van der Waals surface area (Å²) in [6.07, 6.45) is 0.814. The number of hydrogen-bond donors (Lipinski definition) is 4. The predicted molar refractivity (Wildman–Crippen MR) is 107 cm³/mol. The van der Waals surface area contributed by atoms with Crippen LogP contribution in [0.5, 0.6) is 0 Å². The van der Waals surface area contributed by atoms with Gasteiger partial charge in [0.15, 0.2) is 18.1 Å². The first kappa shape index (κ1) is 22.4. The summed E-state index contributed by atoms with van der Waals surface area (Å²) in [5.74, 6) is 22.0. The average Bonchev–Trinajstić information content (AvgIpc) is 3.12. The molecule has 0 aromatic heterocycles. The third kappa shape index (κ3) is 4.30. The van der Waals surface area contributed by atoms with Crippen LogP contribution in [0.1, 0.15) is 6.42 Å². The molecular formula is C19H38N7O3+3. The summed E-state index contributed by atoms with van der Waals surface area (Å²) in [4.78, 5) is 30.8. The van der Waals surface area contributed by atoms with E-state index in [1.54, 1.807) is 0 Å². The third-order valence-corrected chi connectivity index (χ3v) is 6.60. The van der Waals surface area contributed by atoms with Crippen LogP contribution in [0.3, 0.4) is 0 Å². The van der Waals surface area contributed by atoms with Crippen molar-refractivity contribution in [2.24, 2.45) is 53.0 Å². The number of likely N-dealkylation sites (N-methyl/N-ethyl adjacent to an activating group) is 1. The number of hydrogen-bond acceptors (Lipinski definition) is 7. The summed E-state index contributed by atoms with van der Waals surface area (Å²) in [5.41, 5.74) is 2.30. The number of carbonyl (C=O) groups is 2. The first-order valence-corrected chi connectivity index (χ1v) is 10.1. The molecule has 3 rings (SSSR count). The van der Waals surface area contributed by atoms with E-state index in [1.807, 2.05) is 14.1 Å². The van der Waals surface area contributed by atoms with E-state index in [2.05, 4.69) is 21.1 Å². The highest BCUT2D eigenvalue weighted by molar-refractivity contribution is 6.12. The van der Waals surface area contributed by atoms with Crippen LogP contribution >= 0.6 is 0 Å². The quantitative estimate of drug-likeness (QED) is 0.0900. The van der Waals surface area contributed by atoms with Gasteiger partial charge in [-0.25, -0.2) is 10.7 Å². The molecule has 2 bridgehead atoms. The molecule has 10 heteroatoms. The normalized spacial score (nSPS) is 32.5. The maximum atomic E-state index is 13.4. The molecule has 0 aromatic carbocycles. The van der Waals surface area contributed by atoms with Crippen molar-refractivity contribution < 1.29 is 28.2 Å². The third-order valence-electron chi connectivity index (χ3n) is 6.60. The highest BCUT2D eigenvalue weighted by Crippen LogP contribution is 2.60. The number of nitrogens with zero attached hydrogens (tertiary/aromatic N) is 3. The molecule has 0 aliphatic heterocycles. The monoisotopic (exact) mass is 412 g/mol. The molecule has 10 nitrogen and oxygen atoms in total. The maximum Gasteiger partial charge on any atom is 0.201 e. The second kappa shape index (κ2) is 7.17. The van der Waals surface area contributed by atoms with E-state index in [1.165, 1.54) is 5.57 Å². The molecule has 0 heterocycles. The van der Waals surface area contributed by atoms with Gasteiger partial charge >= 0.3 is 0 Å². The highest BCUT2D eigenvalue weighted by Gasteiger charge is 2.65. The SMILES string of the molecule is C[N+](C)(C)CC1=C(C[N+](N)(N)N)C2CC1C1C(=O)C(C[N+](C)(C)CON)C(=O)C21. The van der Waals surface area contributed by atoms with Crippen molar-refractivity contribution in [3.05, 3.63) is 11.1 Å². The fourth-order valence-corrected chi connectivity index (χ4v) is 5.79. The second-order valence-electron chi connectivity index (χ2n) is 10.9. The standard InChI is InChI=1S/C19H38N7O3/c1-24(2,3)7-13-11-6-12(14(13)9-26(20,21)22)17-16(11)18(27)15(19(17)28)8-25(4,5)10-29-23/h11-12,15-17H,6-10,20-23H2,1-5H3/q+3. The van der Waals surface area contributed by atoms with E-state index in [0.717, 1.165) is 23.0 Å². The first-order valence-electron chi connectivity index (χ1n) is 10.1. The minimum Gasteiger partial charge on any atom is -0.327 e. The molecule has 5 unspecified atom stereocenters. The molecule has 0 aromatic rings. The molecule has 5 atom stereocenters. The number of nitrogens with two attached hydrogens (primary N) is 4. The van der Waals surface area contributed by atoms with Gasteiger partial charge in [0, 0.05) is 11.8 Å². The lowest BCUT2D eigenvalue weighted by molar-refractivity contribution is -0.959. The van der Waals surface area contributed by atoms with Crippen LogP contribution in [0.15, 0.2) is 11.1 Å². The number of fused-ring (bicyclic) bond motifs is 5. The van der Waals surface area contributed by atoms with Gasteiger partial charge in [-0.3, -0.25) is 9.59 Å². The van der Waals surface area contributed by atoms with Gasteiger partial charge < -0.3 is 8.97 Å². The molecule has 0 radical (unpaired) electrons. The Kier molecular flexibility index (Phi) is 5.55. The molecule has 3 aliphatic carbocycles. The Morgan fingerprint density at radius 3 is 1.79 bits per heavy atom. The van der Waals surface area contributed by atoms with E-state index in [4.69, 9.17) is 28.3 Å². The van der Waals surface area contributed by atoms with E-state index in [0.29, 0.717) is 11.0 Å². The van der Waals surface area contributed by atoms with Crippen LogP contribution in [-0.2, 0) is 14.4 Å². The van der Waals surface area contributed by atoms with E-state index in [9.17, 15) is 9.59 Å². The van der Waals surface area contributed by atoms with Gasteiger partial charge in [-0.1, -0.05) is 0 Å². The van der Waals surface area contributed by atoms with Crippen molar-refractivity contribution in [2.45, 2.75) is 6.42 Å². The Hall–Kier alpha value is -1.24. The van der Waals surface area contributed by atoms with Crippen molar-refractivity contribution in [1.82, 2.24) is 0 Å². The van der Waals surface area contributed by atoms with E-state index in [-0.39, 0.29) is 48.5 Å². The van der Waals surface area contributed by atoms with Crippen LogP contribution < -0.4 is 23.4 Å². The highest BCUT2D eigenvalue weighted by atomic mass is 16.6. The van der Waals surface area contributed by atoms with Crippen molar-refractivity contribution in [2.75, 3.05) is 61.6 Å². The van der Waals surface area contributed by atoms with Crippen molar-refractivity contribution in [3.63, 3.8) is 0 Å². The Morgan fingerprint density at radius 2 is 1.38 bits per heavy atom. The molecule has 2 saturated carbocycles. The van der Waals surface area contributed by atoms with E-state index < -0.39 is 10.7 Å². The van der Waals surface area contributed by atoms with Gasteiger partial charge in [0.1, 0.15) is 12.5 Å². The molecule has 0 amide bonds. The Balaban J connectivity index is 1.93. The summed E-state index contributed by atoms with van der Waals surface area (Å²) in [5, 5.41) is 0. The molecule has 0 spiro atoms. The minimum atomic E-state index is -0.653. The molecule has 29 heavy (non-hydrogen) atoms. The largest absolute Gasteiger partial charge is 0.327 e. The van der Waals surface area contributed by atoms with Crippen molar-refractivity contribution >= 4 is 11.6 Å². The molecule has 2 fully saturated rings. The molecule has 8 N–H and O–H groups in total. The van der Waals surface area contributed by atoms with Gasteiger partial charge in [-0.15, -0.1) is 22.3 Å². The Labute approximate surface area is 172 Å². The zero-order valence-electron chi connectivity index (χ0n) is 18.3. The zero-order chi connectivity index (χ0) is 21.9. The van der Waals surface area contributed by atoms with Crippen LogP contribution in [-0.4, -0.2) is 86.9 Å². The second-order valence-corrected chi connectivity index (χ2v) is 10.9. The summed E-state index contributed by atoms with van der Waals surface area (Å²) >= 11 is 0. The van der Waals surface area contributed by atoms with Gasteiger partial charge in [0.25, 0.3) is 0 Å². The summed E-state index contributed by atoms with van der Waals surface area (Å²) in [6.45, 7) is 1.71. The fraction of sp³-hybridized carbons (Fsp3) is 0.789. The zero-order valence-corrected chi connectivity index (χ0v) is 18.3. The minimum absolute atomic E-state index is 0.00233. The van der Waals surface area contributed by atoms with Crippen LogP contribution in [0.25, 0.3) is 0 Å². The van der Waals surface area contributed by atoms with Gasteiger partial charge in [-0.2, -0.15) is 0 Å². The molecular weight excluding hydrogens is 374 g/mol. The van der Waals surface area contributed by atoms with Gasteiger partial charge in [0.05, 0.1) is 41.8 Å². The predicted octanol–water partition coefficient (Wildman–Crippen LogP) is -2.00. The van der Waals surface area contributed by atoms with Crippen LogP contribution in [0.2, 0.25) is 0 Å². The Bertz CT molecular complexity index is 685. The molecule has 3 aliphatic rings. The first-order chi connectivity index (χ1) is 13.2. The average molecular weight is 413 g/mol. The van der Waals surface area contributed by atoms with Crippen molar-refractivity contribution in [3.8, 4) is 0 Å². The Morgan fingerprint density at radius 1 is 0.897 bits per heavy atom. The van der Waals surface area contributed by atoms with Crippen molar-refractivity contribution in [1.29, 1.82) is 0 Å². The van der Waals surface area contributed by atoms with Gasteiger partial charge in [-0.05, 0) is 29.4 Å². The van der Waals surface area contributed by atoms with E-state index >= 15 is 0 Å². The summed E-state index contributed by atoms with van der Waals surface area (Å²) in [7, 11) is 10.2. The lowest BCUT2D eigenvalue weighted by Gasteiger charge is -2.33. The maximum absolute atomic E-state index is 13.4. The number of ketones is 2. The topological polar surface area (TPSA) is 147 Å². The lowest BCUT2D eigenvalue weighted by atomic mass is 9.76. The number of quaternary nitrogens is 3. The number of rotatable bonds is 8. The van der Waals surface area contributed by atoms with Crippen LogP contribution in [0.4, 0.5) is 0 Å². The summed E-state index contributed by atoms with van der Waals surface area (Å²) in [6, 6.07) is 0. The summed E-state index contributed by atoms with van der Waals surface area (Å²) < 4.78 is 1.08. The molecule has 0 saturated heterocycles. The fourth-order valence-electron chi connectivity index (χ4n) is 5.79. The van der Waals surface area contributed by atoms with Crippen LogP contribution in [0, 0.1) is 29.6 Å². The number of carbonyl (C=O) groups excluding carboxylic acids is 2. The lowest BCUT2D eigenvalue weighted by Crippen LogP contribution is -2.67.